The molecule has 2 aromatic carbocycles. The number of fused-ring (bicyclic) bond motifs is 1. The second-order valence-corrected chi connectivity index (χ2v) is 7.62. The van der Waals surface area contributed by atoms with Gasteiger partial charge in [0.05, 0.1) is 14.1 Å². The predicted octanol–water partition coefficient (Wildman–Crippen LogP) is 4.79. The number of quaternary nitrogens is 1. The van der Waals surface area contributed by atoms with Gasteiger partial charge in [0, 0.05) is 29.6 Å². The van der Waals surface area contributed by atoms with Gasteiger partial charge in [0.15, 0.2) is 11.4 Å². The molecule has 0 bridgehead atoms. The van der Waals surface area contributed by atoms with Gasteiger partial charge < -0.3 is 9.47 Å². The molecule has 160 valence electrons. The number of alkyl halides is 3. The molecule has 6 nitrogen and oxygen atoms in total. The van der Waals surface area contributed by atoms with Gasteiger partial charge in [-0.15, -0.1) is 13.2 Å². The average Bonchev–Trinajstić information content (AvgIpc) is 2.90. The number of amides is 1. The number of nitrogens with zero attached hydrogens (tertiary/aromatic N) is 2. The van der Waals surface area contributed by atoms with Crippen LogP contribution in [-0.2, 0) is 0 Å². The summed E-state index contributed by atoms with van der Waals surface area (Å²) in [6, 6.07) is 11.8. The molecule has 3 aromatic rings. The van der Waals surface area contributed by atoms with Crippen molar-refractivity contribution in [2.24, 2.45) is 0 Å². The Labute approximate surface area is 175 Å². The van der Waals surface area contributed by atoms with Crippen molar-refractivity contribution in [2.45, 2.75) is 13.3 Å². The zero-order valence-electron chi connectivity index (χ0n) is 16.9. The van der Waals surface area contributed by atoms with Gasteiger partial charge in [0.25, 0.3) is 5.56 Å². The summed E-state index contributed by atoms with van der Waals surface area (Å²) in [5.41, 5.74) is 2.92. The molecule has 9 heteroatoms. The zero-order chi connectivity index (χ0) is 22.6. The summed E-state index contributed by atoms with van der Waals surface area (Å²) < 4.78 is 47.7. The molecule has 0 radical (unpaired) electrons. The highest BCUT2D eigenvalue weighted by atomic mass is 19.4. The van der Waals surface area contributed by atoms with Crippen LogP contribution in [0.25, 0.3) is 16.8 Å². The number of aryl methyl sites for hydroxylation is 1. The molecule has 2 heterocycles. The lowest BCUT2D eigenvalue weighted by Crippen LogP contribution is -2.43. The predicted molar refractivity (Wildman–Crippen MR) is 109 cm³/mol. The van der Waals surface area contributed by atoms with E-state index in [2.05, 4.69) is 4.74 Å². The Hall–Kier alpha value is -3.59. The standard InChI is InChI=1S/C22H18F3N2O4/c1-13-10-20(28)26(15-5-7-16(8-6-15)31-22(23,24)25)12-17(13)14-4-9-18-19(11-14)30-21(29)27(18,2)3/h4-12H,1-3H3/q+1. The van der Waals surface area contributed by atoms with Crippen LogP contribution in [0.5, 0.6) is 11.5 Å². The lowest BCUT2D eigenvalue weighted by molar-refractivity contribution is -0.274. The number of carbonyl (C=O) groups is 1. The summed E-state index contributed by atoms with van der Waals surface area (Å²) in [6.07, 6.45) is -3.58. The summed E-state index contributed by atoms with van der Waals surface area (Å²) in [6.45, 7) is 1.78. The number of hydrogen-bond acceptors (Lipinski definition) is 4. The second-order valence-electron chi connectivity index (χ2n) is 7.62. The van der Waals surface area contributed by atoms with Gasteiger partial charge in [-0.1, -0.05) is 0 Å². The highest BCUT2D eigenvalue weighted by Crippen LogP contribution is 2.41. The van der Waals surface area contributed by atoms with Crippen molar-refractivity contribution in [3.8, 4) is 28.3 Å². The molecule has 0 atom stereocenters. The molecule has 31 heavy (non-hydrogen) atoms. The fourth-order valence-electron chi connectivity index (χ4n) is 3.47. The van der Waals surface area contributed by atoms with E-state index < -0.39 is 12.5 Å². The molecule has 0 saturated heterocycles. The molecule has 0 spiro atoms. The molecule has 0 fully saturated rings. The number of ether oxygens (including phenoxy) is 2. The van der Waals surface area contributed by atoms with Crippen molar-refractivity contribution in [3.05, 3.63) is 70.6 Å². The van der Waals surface area contributed by atoms with Gasteiger partial charge >= 0.3 is 12.5 Å². The first-order chi connectivity index (χ1) is 14.5. The van der Waals surface area contributed by atoms with Crippen molar-refractivity contribution in [2.75, 3.05) is 14.1 Å². The average molecular weight is 431 g/mol. The SMILES string of the molecule is Cc1cc(=O)n(-c2ccc(OC(F)(F)F)cc2)cc1-c1ccc2c(c1)OC(=O)[N+]2(C)C. The number of hydrogen-bond donors (Lipinski definition) is 0. The lowest BCUT2D eigenvalue weighted by Gasteiger charge is -2.16. The molecule has 0 N–H and O–H groups in total. The van der Waals surface area contributed by atoms with Crippen LogP contribution < -0.4 is 19.5 Å². The first-order valence-corrected chi connectivity index (χ1v) is 9.26. The minimum absolute atomic E-state index is 0.0273. The minimum atomic E-state index is -4.79. The Morgan fingerprint density at radius 2 is 1.68 bits per heavy atom. The van der Waals surface area contributed by atoms with E-state index >= 15 is 0 Å². The van der Waals surface area contributed by atoms with Crippen molar-refractivity contribution in [3.63, 3.8) is 0 Å². The molecule has 1 aliphatic heterocycles. The van der Waals surface area contributed by atoms with Crippen molar-refractivity contribution < 1.29 is 27.4 Å². The maximum atomic E-state index is 12.5. The summed E-state index contributed by atoms with van der Waals surface area (Å²) in [4.78, 5) is 24.6. The molecule has 0 unspecified atom stereocenters. The minimum Gasteiger partial charge on any atom is -0.406 e. The normalized spacial score (nSPS) is 14.8. The molecule has 1 amide bonds. The van der Waals surface area contributed by atoms with Crippen molar-refractivity contribution >= 4 is 11.8 Å². The Kier molecular flexibility index (Phi) is 4.66. The molecule has 0 aliphatic carbocycles. The fourth-order valence-corrected chi connectivity index (χ4v) is 3.47. The molecular weight excluding hydrogens is 413 g/mol. The van der Waals surface area contributed by atoms with Crippen LogP contribution in [0.4, 0.5) is 23.7 Å². The maximum Gasteiger partial charge on any atom is 0.573 e. The highest BCUT2D eigenvalue weighted by molar-refractivity contribution is 5.92. The monoisotopic (exact) mass is 431 g/mol. The smallest absolute Gasteiger partial charge is 0.406 e. The van der Waals surface area contributed by atoms with E-state index in [1.54, 1.807) is 39.3 Å². The van der Waals surface area contributed by atoms with Crippen LogP contribution in [0.15, 0.2) is 59.5 Å². The van der Waals surface area contributed by atoms with Crippen LogP contribution in [0, 0.1) is 6.92 Å². The summed E-state index contributed by atoms with van der Waals surface area (Å²) in [5, 5.41) is 0. The first-order valence-electron chi connectivity index (χ1n) is 9.26. The van der Waals surface area contributed by atoms with Crippen molar-refractivity contribution in [1.29, 1.82) is 0 Å². The molecular formula is C22H18F3N2O4+. The molecule has 1 aromatic heterocycles. The summed E-state index contributed by atoms with van der Waals surface area (Å²) in [7, 11) is 3.46. The number of aromatic nitrogens is 1. The third kappa shape index (κ3) is 3.79. The number of rotatable bonds is 3. The van der Waals surface area contributed by atoms with Gasteiger partial charge in [0.2, 0.25) is 0 Å². The van der Waals surface area contributed by atoms with Gasteiger partial charge in [0.1, 0.15) is 5.75 Å². The lowest BCUT2D eigenvalue weighted by atomic mass is 10.0. The van der Waals surface area contributed by atoms with E-state index in [4.69, 9.17) is 4.74 Å². The van der Waals surface area contributed by atoms with Gasteiger partial charge in [-0.2, -0.15) is 9.28 Å². The Bertz CT molecular complexity index is 1250. The highest BCUT2D eigenvalue weighted by Gasteiger charge is 2.42. The number of pyridine rings is 1. The van der Waals surface area contributed by atoms with Crippen LogP contribution in [-0.4, -0.2) is 31.1 Å². The van der Waals surface area contributed by atoms with Crippen LogP contribution in [0.2, 0.25) is 0 Å². The van der Waals surface area contributed by atoms with Gasteiger partial charge in [-0.3, -0.25) is 9.36 Å². The summed E-state index contributed by atoms with van der Waals surface area (Å²) in [5.74, 6) is 0.0658. The Balaban J connectivity index is 1.74. The van der Waals surface area contributed by atoms with E-state index in [1.807, 2.05) is 6.07 Å². The fraction of sp³-hybridized carbons (Fsp3) is 0.182. The topological polar surface area (TPSA) is 57.5 Å². The molecule has 1 aliphatic rings. The van der Waals surface area contributed by atoms with E-state index in [9.17, 15) is 22.8 Å². The van der Waals surface area contributed by atoms with Crippen LogP contribution in [0.1, 0.15) is 5.56 Å². The molecule has 4 rings (SSSR count). The van der Waals surface area contributed by atoms with Crippen LogP contribution in [0.3, 0.4) is 0 Å². The first kappa shape index (κ1) is 20.7. The summed E-state index contributed by atoms with van der Waals surface area (Å²) >= 11 is 0. The quantitative estimate of drug-likeness (QED) is 0.560. The Morgan fingerprint density at radius 1 is 1.00 bits per heavy atom. The number of halogens is 3. The second kappa shape index (κ2) is 6.98. The van der Waals surface area contributed by atoms with E-state index in [0.717, 1.165) is 23.4 Å². The number of carbonyl (C=O) groups excluding carboxylic acids is 1. The van der Waals surface area contributed by atoms with Crippen molar-refractivity contribution in [1.82, 2.24) is 9.05 Å². The third-order valence-electron chi connectivity index (χ3n) is 5.14. The van der Waals surface area contributed by atoms with Crippen LogP contribution >= 0.6 is 0 Å². The maximum absolute atomic E-state index is 12.5. The Morgan fingerprint density at radius 3 is 2.32 bits per heavy atom. The third-order valence-corrected chi connectivity index (χ3v) is 5.14. The zero-order valence-corrected chi connectivity index (χ0v) is 16.9. The van der Waals surface area contributed by atoms with E-state index in [-0.39, 0.29) is 15.8 Å². The number of benzene rings is 2. The largest absolute Gasteiger partial charge is 0.573 e. The molecule has 0 saturated carbocycles. The van der Waals surface area contributed by atoms with Gasteiger partial charge in [-0.05, 0) is 54.4 Å². The van der Waals surface area contributed by atoms with Gasteiger partial charge in [-0.25, -0.2) is 0 Å². The van der Waals surface area contributed by atoms with E-state index in [0.29, 0.717) is 22.6 Å². The van der Waals surface area contributed by atoms with E-state index in [1.165, 1.54) is 22.8 Å².